The fourth-order valence-electron chi connectivity index (χ4n) is 1.41. The van der Waals surface area contributed by atoms with Gasteiger partial charge < -0.3 is 5.73 Å². The van der Waals surface area contributed by atoms with Crippen molar-refractivity contribution in [2.24, 2.45) is 7.05 Å². The van der Waals surface area contributed by atoms with Crippen LogP contribution in [0.2, 0.25) is 0 Å². The van der Waals surface area contributed by atoms with Crippen LogP contribution in [0.1, 0.15) is 17.0 Å². The molecule has 2 aromatic rings. The van der Waals surface area contributed by atoms with E-state index in [2.05, 4.69) is 41.3 Å². The average molecular weight is 202 g/mol. The Morgan fingerprint density at radius 1 is 1.27 bits per heavy atom. The lowest BCUT2D eigenvalue weighted by atomic mass is 10.1. The summed E-state index contributed by atoms with van der Waals surface area (Å²) in [6.45, 7) is 2.07. The number of aryl methyl sites for hydroxylation is 2. The Bertz CT molecular complexity index is 436. The number of hydrogen-bond acceptors (Lipinski definition) is 3. The van der Waals surface area contributed by atoms with Gasteiger partial charge in [0, 0.05) is 13.5 Å². The Hall–Kier alpha value is -1.84. The fraction of sp³-hybridized carbons (Fsp3) is 0.273. The monoisotopic (exact) mass is 202 g/mol. The lowest BCUT2D eigenvalue weighted by Gasteiger charge is -1.97. The molecule has 0 fully saturated rings. The van der Waals surface area contributed by atoms with Crippen molar-refractivity contribution in [1.82, 2.24) is 14.8 Å². The zero-order valence-corrected chi connectivity index (χ0v) is 8.94. The summed E-state index contributed by atoms with van der Waals surface area (Å²) in [6.07, 6.45) is 0.727. The summed E-state index contributed by atoms with van der Waals surface area (Å²) < 4.78 is 1.59. The highest BCUT2D eigenvalue weighted by Gasteiger charge is 2.04. The van der Waals surface area contributed by atoms with Gasteiger partial charge in [-0.1, -0.05) is 29.8 Å². The highest BCUT2D eigenvalue weighted by atomic mass is 15.4. The molecule has 15 heavy (non-hydrogen) atoms. The fourth-order valence-corrected chi connectivity index (χ4v) is 1.41. The molecule has 0 aliphatic heterocycles. The van der Waals surface area contributed by atoms with Gasteiger partial charge in [-0.05, 0) is 12.5 Å². The maximum atomic E-state index is 5.61. The highest BCUT2D eigenvalue weighted by Crippen LogP contribution is 2.08. The van der Waals surface area contributed by atoms with E-state index in [1.165, 1.54) is 11.1 Å². The van der Waals surface area contributed by atoms with Crippen molar-refractivity contribution in [1.29, 1.82) is 0 Å². The predicted molar refractivity (Wildman–Crippen MR) is 59.4 cm³/mol. The summed E-state index contributed by atoms with van der Waals surface area (Å²) >= 11 is 0. The Labute approximate surface area is 88.8 Å². The van der Waals surface area contributed by atoms with Crippen molar-refractivity contribution >= 4 is 5.95 Å². The van der Waals surface area contributed by atoms with Crippen LogP contribution in [0.25, 0.3) is 0 Å². The molecule has 0 aliphatic carbocycles. The summed E-state index contributed by atoms with van der Waals surface area (Å²) in [4.78, 5) is 4.16. The second kappa shape index (κ2) is 3.73. The van der Waals surface area contributed by atoms with Crippen LogP contribution in [0.5, 0.6) is 0 Å². The zero-order chi connectivity index (χ0) is 10.8. The summed E-state index contributed by atoms with van der Waals surface area (Å²) in [5.74, 6) is 1.22. The minimum Gasteiger partial charge on any atom is -0.368 e. The van der Waals surface area contributed by atoms with Gasteiger partial charge in [-0.2, -0.15) is 10.1 Å². The molecule has 0 saturated heterocycles. The third kappa shape index (κ3) is 2.15. The topological polar surface area (TPSA) is 56.7 Å². The first-order valence-corrected chi connectivity index (χ1v) is 4.86. The van der Waals surface area contributed by atoms with Crippen LogP contribution in [0, 0.1) is 6.92 Å². The van der Waals surface area contributed by atoms with E-state index in [-0.39, 0.29) is 0 Å². The minimum absolute atomic E-state index is 0.456. The van der Waals surface area contributed by atoms with Gasteiger partial charge in [0.15, 0.2) is 5.82 Å². The summed E-state index contributed by atoms with van der Waals surface area (Å²) in [5.41, 5.74) is 8.06. The Balaban J connectivity index is 2.18. The van der Waals surface area contributed by atoms with Crippen LogP contribution < -0.4 is 5.73 Å². The quantitative estimate of drug-likeness (QED) is 0.798. The Morgan fingerprint density at radius 3 is 2.47 bits per heavy atom. The van der Waals surface area contributed by atoms with E-state index in [4.69, 9.17) is 5.73 Å². The standard InChI is InChI=1S/C11H14N4/c1-8-3-5-9(6-4-8)7-10-13-11(12)15(2)14-10/h3-6H,7H2,1-2H3,(H2,12,13,14). The van der Waals surface area contributed by atoms with Gasteiger partial charge in [-0.3, -0.25) is 0 Å². The van der Waals surface area contributed by atoms with Crippen LogP contribution in [-0.2, 0) is 13.5 Å². The molecule has 4 nitrogen and oxygen atoms in total. The molecule has 0 bridgehead atoms. The SMILES string of the molecule is Cc1ccc(Cc2nc(N)n(C)n2)cc1. The maximum absolute atomic E-state index is 5.61. The van der Waals surface area contributed by atoms with Crippen LogP contribution in [0.3, 0.4) is 0 Å². The van der Waals surface area contributed by atoms with Gasteiger partial charge in [0.05, 0.1) is 0 Å². The molecule has 0 saturated carbocycles. The van der Waals surface area contributed by atoms with E-state index in [0.717, 1.165) is 12.2 Å². The number of nitrogens with two attached hydrogens (primary N) is 1. The van der Waals surface area contributed by atoms with E-state index in [1.54, 1.807) is 11.7 Å². The second-order valence-electron chi connectivity index (χ2n) is 3.67. The van der Waals surface area contributed by atoms with Crippen LogP contribution in [0.4, 0.5) is 5.95 Å². The van der Waals surface area contributed by atoms with Crippen LogP contribution in [-0.4, -0.2) is 14.8 Å². The molecule has 78 valence electrons. The first-order valence-electron chi connectivity index (χ1n) is 4.86. The summed E-state index contributed by atoms with van der Waals surface area (Å²) in [6, 6.07) is 8.34. The van der Waals surface area contributed by atoms with Crippen molar-refractivity contribution in [2.45, 2.75) is 13.3 Å². The van der Waals surface area contributed by atoms with Crippen LogP contribution in [0.15, 0.2) is 24.3 Å². The molecule has 2 rings (SSSR count). The number of hydrogen-bond donors (Lipinski definition) is 1. The van der Waals surface area contributed by atoms with Gasteiger partial charge in [0.1, 0.15) is 0 Å². The molecular formula is C11H14N4. The minimum atomic E-state index is 0.456. The van der Waals surface area contributed by atoms with Crippen molar-refractivity contribution in [3.05, 3.63) is 41.2 Å². The molecule has 0 unspecified atom stereocenters. The average Bonchev–Trinajstić information content (AvgIpc) is 2.50. The van der Waals surface area contributed by atoms with Crippen molar-refractivity contribution in [3.63, 3.8) is 0 Å². The van der Waals surface area contributed by atoms with Crippen molar-refractivity contribution < 1.29 is 0 Å². The van der Waals surface area contributed by atoms with Gasteiger partial charge >= 0.3 is 0 Å². The van der Waals surface area contributed by atoms with E-state index in [9.17, 15) is 0 Å². The number of anilines is 1. The maximum Gasteiger partial charge on any atom is 0.218 e. The lowest BCUT2D eigenvalue weighted by molar-refractivity contribution is 0.759. The van der Waals surface area contributed by atoms with E-state index in [1.807, 2.05) is 0 Å². The molecule has 4 heteroatoms. The van der Waals surface area contributed by atoms with Crippen molar-refractivity contribution in [2.75, 3.05) is 5.73 Å². The van der Waals surface area contributed by atoms with Gasteiger partial charge in [-0.15, -0.1) is 0 Å². The normalized spacial score (nSPS) is 10.5. The Morgan fingerprint density at radius 2 is 1.93 bits per heavy atom. The molecule has 0 spiro atoms. The van der Waals surface area contributed by atoms with E-state index < -0.39 is 0 Å². The van der Waals surface area contributed by atoms with Gasteiger partial charge in [-0.25, -0.2) is 4.68 Å². The molecule has 0 atom stereocenters. The summed E-state index contributed by atoms with van der Waals surface area (Å²) in [7, 11) is 1.79. The second-order valence-corrected chi connectivity index (χ2v) is 3.67. The van der Waals surface area contributed by atoms with Gasteiger partial charge in [0.2, 0.25) is 5.95 Å². The highest BCUT2D eigenvalue weighted by molar-refractivity contribution is 5.25. The lowest BCUT2D eigenvalue weighted by Crippen LogP contribution is -1.97. The third-order valence-electron chi connectivity index (χ3n) is 2.32. The number of benzene rings is 1. The molecule has 1 aromatic carbocycles. The van der Waals surface area contributed by atoms with Gasteiger partial charge in [0.25, 0.3) is 0 Å². The molecule has 0 aliphatic rings. The number of rotatable bonds is 2. The number of nitrogens with zero attached hydrogens (tertiary/aromatic N) is 3. The zero-order valence-electron chi connectivity index (χ0n) is 8.94. The Kier molecular flexibility index (Phi) is 2.41. The largest absolute Gasteiger partial charge is 0.368 e. The molecule has 0 amide bonds. The van der Waals surface area contributed by atoms with Crippen LogP contribution >= 0.6 is 0 Å². The van der Waals surface area contributed by atoms with E-state index >= 15 is 0 Å². The molecule has 1 heterocycles. The third-order valence-corrected chi connectivity index (χ3v) is 2.32. The predicted octanol–water partition coefficient (Wildman–Crippen LogP) is 1.30. The molecule has 2 N–H and O–H groups in total. The molecular weight excluding hydrogens is 188 g/mol. The molecule has 1 aromatic heterocycles. The molecule has 0 radical (unpaired) electrons. The first-order chi connectivity index (χ1) is 7.15. The number of nitrogen functional groups attached to an aromatic ring is 1. The van der Waals surface area contributed by atoms with E-state index in [0.29, 0.717) is 5.95 Å². The van der Waals surface area contributed by atoms with Crippen molar-refractivity contribution in [3.8, 4) is 0 Å². The number of aromatic nitrogens is 3. The summed E-state index contributed by atoms with van der Waals surface area (Å²) in [5, 5.41) is 4.21. The smallest absolute Gasteiger partial charge is 0.218 e. The first kappa shape index (κ1) is 9.71.